The van der Waals surface area contributed by atoms with Crippen LogP contribution in [0.5, 0.6) is 0 Å². The Morgan fingerprint density at radius 3 is 2.00 bits per heavy atom. The second-order valence-electron chi connectivity index (χ2n) is 3.26. The van der Waals surface area contributed by atoms with Gasteiger partial charge in [0.2, 0.25) is 0 Å². The Bertz CT molecular complexity index is 417. The highest BCUT2D eigenvalue weighted by molar-refractivity contribution is 7.85. The quantitative estimate of drug-likeness (QED) is 0.841. The molecule has 1 aromatic rings. The maximum atomic E-state index is 9.19. The lowest BCUT2D eigenvalue weighted by molar-refractivity contribution is 0.288. The van der Waals surface area contributed by atoms with Gasteiger partial charge in [0.05, 0.1) is 6.26 Å². The van der Waals surface area contributed by atoms with Gasteiger partial charge in [0, 0.05) is 16.7 Å². The minimum absolute atomic E-state index is 0.168. The fourth-order valence-electron chi connectivity index (χ4n) is 1.03. The zero-order valence-electron chi connectivity index (χ0n) is 9.23. The zero-order chi connectivity index (χ0) is 13.5. The van der Waals surface area contributed by atoms with E-state index in [2.05, 4.69) is 0 Å². The van der Waals surface area contributed by atoms with E-state index in [9.17, 15) is 8.42 Å². The van der Waals surface area contributed by atoms with Crippen molar-refractivity contribution in [2.75, 3.05) is 12.9 Å². The average molecular weight is 301 g/mol. The third-order valence-electron chi connectivity index (χ3n) is 1.65. The molecule has 0 saturated heterocycles. The third-order valence-corrected chi connectivity index (χ3v) is 2.35. The van der Waals surface area contributed by atoms with E-state index in [1.165, 1.54) is 0 Å². The largest absolute Gasteiger partial charge is 0.396 e. The first-order chi connectivity index (χ1) is 7.75. The van der Waals surface area contributed by atoms with Crippen LogP contribution < -0.4 is 0 Å². The van der Waals surface area contributed by atoms with Gasteiger partial charge in [-0.1, -0.05) is 29.3 Å². The van der Waals surface area contributed by atoms with Crippen molar-refractivity contribution >= 4 is 33.3 Å². The van der Waals surface area contributed by atoms with Crippen LogP contribution in [0.2, 0.25) is 10.0 Å². The number of rotatable bonds is 3. The van der Waals surface area contributed by atoms with Gasteiger partial charge in [0.15, 0.2) is 0 Å². The molecule has 7 heteroatoms. The van der Waals surface area contributed by atoms with Crippen molar-refractivity contribution in [3.8, 4) is 0 Å². The number of halogens is 2. The Morgan fingerprint density at radius 2 is 1.65 bits per heavy atom. The molecule has 0 aliphatic heterocycles. The molecule has 0 amide bonds. The van der Waals surface area contributed by atoms with Gasteiger partial charge in [-0.3, -0.25) is 4.55 Å². The second-order valence-corrected chi connectivity index (χ2v) is 5.54. The Kier molecular flexibility index (Phi) is 7.74. The van der Waals surface area contributed by atoms with Gasteiger partial charge in [0.25, 0.3) is 10.1 Å². The first-order valence-electron chi connectivity index (χ1n) is 4.72. The first-order valence-corrected chi connectivity index (χ1v) is 7.32. The molecule has 1 rings (SSSR count). The summed E-state index contributed by atoms with van der Waals surface area (Å²) in [6.07, 6.45) is 2.14. The molecule has 0 bridgehead atoms. The molecule has 0 atom stereocenters. The predicted octanol–water partition coefficient (Wildman–Crippen LogP) is 2.42. The van der Waals surface area contributed by atoms with Crippen LogP contribution >= 0.6 is 23.2 Å². The predicted molar refractivity (Wildman–Crippen MR) is 69.3 cm³/mol. The number of aliphatic hydroxyl groups is 1. The SMILES string of the molecule is CS(=O)(=O)O.OCCCc1c(Cl)cccc1Cl. The topological polar surface area (TPSA) is 74.6 Å². The summed E-state index contributed by atoms with van der Waals surface area (Å²) in [6.45, 7) is 0.168. The lowest BCUT2D eigenvalue weighted by atomic mass is 10.1. The summed E-state index contributed by atoms with van der Waals surface area (Å²) in [6, 6.07) is 5.42. The van der Waals surface area contributed by atoms with Crippen LogP contribution in [0.3, 0.4) is 0 Å². The highest BCUT2D eigenvalue weighted by Crippen LogP contribution is 2.25. The van der Waals surface area contributed by atoms with Crippen molar-refractivity contribution < 1.29 is 18.1 Å². The summed E-state index contributed by atoms with van der Waals surface area (Å²) in [7, 11) is -3.67. The van der Waals surface area contributed by atoms with Gasteiger partial charge in [-0.15, -0.1) is 0 Å². The summed E-state index contributed by atoms with van der Waals surface area (Å²) in [4.78, 5) is 0. The highest BCUT2D eigenvalue weighted by Gasteiger charge is 2.03. The molecular weight excluding hydrogens is 287 g/mol. The van der Waals surface area contributed by atoms with Crippen LogP contribution in [0.4, 0.5) is 0 Å². The standard InChI is InChI=1S/C9H10Cl2O.CH4O3S/c10-8-4-1-5-9(11)7(8)3-2-6-12;1-5(2,3)4/h1,4-5,12H,2-3,6H2;1H3,(H,2,3,4). The maximum Gasteiger partial charge on any atom is 0.261 e. The number of benzene rings is 1. The minimum Gasteiger partial charge on any atom is -0.396 e. The Hall–Kier alpha value is -0.330. The summed E-state index contributed by atoms with van der Waals surface area (Å²) < 4.78 is 25.9. The van der Waals surface area contributed by atoms with Gasteiger partial charge in [-0.05, 0) is 30.5 Å². The van der Waals surface area contributed by atoms with Crippen molar-refractivity contribution in [2.24, 2.45) is 0 Å². The molecule has 4 nitrogen and oxygen atoms in total. The summed E-state index contributed by atoms with van der Waals surface area (Å²) in [5.74, 6) is 0. The molecule has 98 valence electrons. The molecule has 17 heavy (non-hydrogen) atoms. The number of hydrogen-bond donors (Lipinski definition) is 2. The molecule has 0 fully saturated rings. The molecule has 0 unspecified atom stereocenters. The maximum absolute atomic E-state index is 9.19. The fourth-order valence-corrected chi connectivity index (χ4v) is 1.61. The van der Waals surface area contributed by atoms with E-state index >= 15 is 0 Å². The van der Waals surface area contributed by atoms with Crippen LogP contribution in [0.25, 0.3) is 0 Å². The van der Waals surface area contributed by atoms with E-state index in [0.29, 0.717) is 22.7 Å². The van der Waals surface area contributed by atoms with Crippen LogP contribution in [0.1, 0.15) is 12.0 Å². The molecule has 0 radical (unpaired) electrons. The Balaban J connectivity index is 0.000000437. The normalized spacial score (nSPS) is 10.6. The Labute approximate surface area is 111 Å². The lowest BCUT2D eigenvalue weighted by Crippen LogP contribution is -1.91. The van der Waals surface area contributed by atoms with E-state index < -0.39 is 10.1 Å². The number of aliphatic hydroxyl groups excluding tert-OH is 1. The van der Waals surface area contributed by atoms with E-state index in [1.807, 2.05) is 6.07 Å². The lowest BCUT2D eigenvalue weighted by Gasteiger charge is -2.04. The average Bonchev–Trinajstić information content (AvgIpc) is 2.14. The fraction of sp³-hybridized carbons (Fsp3) is 0.400. The van der Waals surface area contributed by atoms with Crippen molar-refractivity contribution in [2.45, 2.75) is 12.8 Å². The van der Waals surface area contributed by atoms with Crippen molar-refractivity contribution in [1.82, 2.24) is 0 Å². The van der Waals surface area contributed by atoms with E-state index in [-0.39, 0.29) is 6.61 Å². The molecule has 1 aromatic carbocycles. The van der Waals surface area contributed by atoms with Gasteiger partial charge in [-0.25, -0.2) is 0 Å². The van der Waals surface area contributed by atoms with E-state index in [1.54, 1.807) is 12.1 Å². The summed E-state index contributed by atoms with van der Waals surface area (Å²) >= 11 is 11.8. The van der Waals surface area contributed by atoms with Gasteiger partial charge in [0.1, 0.15) is 0 Å². The van der Waals surface area contributed by atoms with E-state index in [0.717, 1.165) is 12.0 Å². The van der Waals surface area contributed by atoms with E-state index in [4.69, 9.17) is 32.9 Å². The van der Waals surface area contributed by atoms with Crippen LogP contribution in [0, 0.1) is 0 Å². The molecule has 0 aliphatic carbocycles. The minimum atomic E-state index is -3.67. The smallest absolute Gasteiger partial charge is 0.261 e. The molecule has 0 spiro atoms. The molecular formula is C10H14Cl2O4S. The van der Waals surface area contributed by atoms with Gasteiger partial charge in [-0.2, -0.15) is 8.42 Å². The Morgan fingerprint density at radius 1 is 1.24 bits per heavy atom. The van der Waals surface area contributed by atoms with Crippen LogP contribution in [-0.4, -0.2) is 30.9 Å². The number of hydrogen-bond acceptors (Lipinski definition) is 3. The van der Waals surface area contributed by atoms with Crippen LogP contribution in [0.15, 0.2) is 18.2 Å². The molecule has 0 saturated carbocycles. The molecule has 0 aromatic heterocycles. The van der Waals surface area contributed by atoms with Gasteiger partial charge >= 0.3 is 0 Å². The molecule has 0 heterocycles. The first kappa shape index (κ1) is 16.7. The summed E-state index contributed by atoms with van der Waals surface area (Å²) in [5, 5.41) is 9.98. The van der Waals surface area contributed by atoms with Gasteiger partial charge < -0.3 is 5.11 Å². The third kappa shape index (κ3) is 9.38. The monoisotopic (exact) mass is 300 g/mol. The molecule has 2 N–H and O–H groups in total. The van der Waals surface area contributed by atoms with Crippen molar-refractivity contribution in [1.29, 1.82) is 0 Å². The molecule has 0 aliphatic rings. The second kappa shape index (κ2) is 7.89. The summed E-state index contributed by atoms with van der Waals surface area (Å²) in [5.41, 5.74) is 0.926. The van der Waals surface area contributed by atoms with Crippen LogP contribution in [-0.2, 0) is 16.5 Å². The zero-order valence-corrected chi connectivity index (χ0v) is 11.6. The highest BCUT2D eigenvalue weighted by atomic mass is 35.5. The van der Waals surface area contributed by atoms with Crippen molar-refractivity contribution in [3.05, 3.63) is 33.8 Å². The van der Waals surface area contributed by atoms with Crippen molar-refractivity contribution in [3.63, 3.8) is 0 Å².